The summed E-state index contributed by atoms with van der Waals surface area (Å²) in [5.41, 5.74) is 1.94. The molecule has 1 aliphatic heterocycles. The predicted molar refractivity (Wildman–Crippen MR) is 96.8 cm³/mol. The number of aliphatic hydroxyl groups is 1. The van der Waals surface area contributed by atoms with Crippen LogP contribution in [-0.2, 0) is 9.59 Å². The Morgan fingerprint density at radius 3 is 2.48 bits per heavy atom. The first-order valence-electron chi connectivity index (χ1n) is 7.55. The van der Waals surface area contributed by atoms with Crippen molar-refractivity contribution in [1.82, 2.24) is 4.90 Å². The third kappa shape index (κ3) is 3.29. The largest absolute Gasteiger partial charge is 0.507 e. The molecular formula is C18H15BrN2O4. The number of carbonyl (C=O) groups is 2. The molecule has 1 aliphatic rings. The molecule has 25 heavy (non-hydrogen) atoms. The number of anilines is 1. The highest BCUT2D eigenvalue weighted by Crippen LogP contribution is 2.39. The van der Waals surface area contributed by atoms with E-state index >= 15 is 0 Å². The maximum absolute atomic E-state index is 12.3. The van der Waals surface area contributed by atoms with Gasteiger partial charge >= 0.3 is 0 Å². The predicted octanol–water partition coefficient (Wildman–Crippen LogP) is 2.48. The van der Waals surface area contributed by atoms with Gasteiger partial charge in [0.2, 0.25) is 0 Å². The van der Waals surface area contributed by atoms with Crippen LogP contribution < -0.4 is 5.32 Å². The van der Waals surface area contributed by atoms with E-state index in [0.717, 1.165) is 4.90 Å². The normalized spacial score (nSPS) is 14.0. The Morgan fingerprint density at radius 2 is 1.76 bits per heavy atom. The van der Waals surface area contributed by atoms with Gasteiger partial charge in [-0.2, -0.15) is 0 Å². The van der Waals surface area contributed by atoms with Gasteiger partial charge in [-0.1, -0.05) is 30.3 Å². The number of para-hydroxylation sites is 2. The number of nitrogens with zero attached hydrogens (tertiary/aromatic N) is 1. The molecule has 0 spiro atoms. The molecule has 1 heterocycles. The van der Waals surface area contributed by atoms with Gasteiger partial charge in [0.1, 0.15) is 11.4 Å². The van der Waals surface area contributed by atoms with Crippen LogP contribution in [0, 0.1) is 0 Å². The van der Waals surface area contributed by atoms with Gasteiger partial charge in [0.25, 0.3) is 11.8 Å². The van der Waals surface area contributed by atoms with Crippen LogP contribution in [0.5, 0.6) is 5.75 Å². The van der Waals surface area contributed by atoms with Crippen molar-refractivity contribution >= 4 is 33.4 Å². The van der Waals surface area contributed by atoms with Crippen LogP contribution in [0.4, 0.5) is 5.69 Å². The zero-order valence-corrected chi connectivity index (χ0v) is 14.7. The van der Waals surface area contributed by atoms with Gasteiger partial charge in [-0.3, -0.25) is 14.5 Å². The van der Waals surface area contributed by atoms with Crippen molar-refractivity contribution in [2.45, 2.75) is 0 Å². The number of aliphatic hydroxyl groups excluding tert-OH is 1. The third-order valence-electron chi connectivity index (χ3n) is 3.80. The van der Waals surface area contributed by atoms with E-state index < -0.39 is 11.8 Å². The van der Waals surface area contributed by atoms with Gasteiger partial charge < -0.3 is 15.5 Å². The molecule has 2 aromatic rings. The van der Waals surface area contributed by atoms with Crippen molar-refractivity contribution in [2.24, 2.45) is 0 Å². The van der Waals surface area contributed by atoms with E-state index in [9.17, 15) is 14.7 Å². The van der Waals surface area contributed by atoms with Gasteiger partial charge in [-0.05, 0) is 28.1 Å². The molecule has 0 unspecified atom stereocenters. The highest BCUT2D eigenvalue weighted by molar-refractivity contribution is 9.10. The molecule has 0 bridgehead atoms. The number of β-amino-alcohol motifs (C(OH)–C–C–N with tert-alkyl or cyclic N) is 1. The Hall–Kier alpha value is -2.64. The second-order valence-corrected chi connectivity index (χ2v) is 6.24. The molecule has 2 aromatic carbocycles. The summed E-state index contributed by atoms with van der Waals surface area (Å²) in [6.45, 7) is -0.349. The summed E-state index contributed by atoms with van der Waals surface area (Å²) in [5.74, 6) is -0.871. The second kappa shape index (κ2) is 7.08. The maximum atomic E-state index is 12.3. The van der Waals surface area contributed by atoms with Crippen molar-refractivity contribution in [2.75, 3.05) is 18.5 Å². The highest BCUT2D eigenvalue weighted by Gasteiger charge is 2.31. The van der Waals surface area contributed by atoms with Crippen molar-refractivity contribution in [1.29, 1.82) is 0 Å². The standard InChI is InChI=1S/C18H15BrN2O4/c19-13-6-3-5-12(11-4-1-2-7-15(11)23)17(13)20-14-10-16(24)21(8-9-22)18(14)25/h1-7,10,20,22-23H,8-9H2. The zero-order valence-electron chi connectivity index (χ0n) is 13.1. The lowest BCUT2D eigenvalue weighted by molar-refractivity contribution is -0.137. The topological polar surface area (TPSA) is 89.9 Å². The van der Waals surface area contributed by atoms with E-state index in [2.05, 4.69) is 21.2 Å². The molecule has 7 heteroatoms. The number of phenolic OH excluding ortho intramolecular Hbond substituents is 1. The molecule has 0 atom stereocenters. The minimum atomic E-state index is -0.502. The van der Waals surface area contributed by atoms with Crippen LogP contribution in [0.3, 0.4) is 0 Å². The lowest BCUT2D eigenvalue weighted by atomic mass is 10.0. The molecule has 128 valence electrons. The summed E-state index contributed by atoms with van der Waals surface area (Å²) in [6.07, 6.45) is 1.20. The molecule has 0 fully saturated rings. The van der Waals surface area contributed by atoms with Gasteiger partial charge in [-0.15, -0.1) is 0 Å². The monoisotopic (exact) mass is 402 g/mol. The second-order valence-electron chi connectivity index (χ2n) is 5.38. The Kier molecular flexibility index (Phi) is 4.87. The smallest absolute Gasteiger partial charge is 0.277 e. The van der Waals surface area contributed by atoms with Crippen molar-refractivity contribution in [3.63, 3.8) is 0 Å². The number of rotatable bonds is 5. The Morgan fingerprint density at radius 1 is 1.04 bits per heavy atom. The fourth-order valence-electron chi connectivity index (χ4n) is 2.62. The van der Waals surface area contributed by atoms with E-state index in [-0.39, 0.29) is 24.6 Å². The van der Waals surface area contributed by atoms with Crippen LogP contribution in [0.2, 0.25) is 0 Å². The summed E-state index contributed by atoms with van der Waals surface area (Å²) >= 11 is 3.44. The number of aromatic hydroxyl groups is 1. The minimum absolute atomic E-state index is 0.0539. The number of hydrogen-bond acceptors (Lipinski definition) is 5. The third-order valence-corrected chi connectivity index (χ3v) is 4.46. The minimum Gasteiger partial charge on any atom is -0.507 e. The molecule has 0 radical (unpaired) electrons. The molecular weight excluding hydrogens is 388 g/mol. The molecule has 0 aliphatic carbocycles. The van der Waals surface area contributed by atoms with E-state index in [0.29, 0.717) is 21.3 Å². The number of hydrogen-bond donors (Lipinski definition) is 3. The van der Waals surface area contributed by atoms with Gasteiger partial charge in [-0.25, -0.2) is 0 Å². The number of halogens is 1. The maximum Gasteiger partial charge on any atom is 0.277 e. The van der Waals surface area contributed by atoms with Crippen LogP contribution in [0.15, 0.2) is 58.7 Å². The summed E-state index contributed by atoms with van der Waals surface area (Å²) < 4.78 is 0.676. The fourth-order valence-corrected chi connectivity index (χ4v) is 3.09. The average molecular weight is 403 g/mol. The lowest BCUT2D eigenvalue weighted by Gasteiger charge is -2.17. The van der Waals surface area contributed by atoms with Crippen LogP contribution in [-0.4, -0.2) is 40.1 Å². The van der Waals surface area contributed by atoms with Crippen molar-refractivity contribution in [3.05, 3.63) is 58.7 Å². The van der Waals surface area contributed by atoms with Gasteiger partial charge in [0.05, 0.1) is 18.8 Å². The SMILES string of the molecule is O=C1C=C(Nc2c(Br)cccc2-c2ccccc2O)C(=O)N1CCO. The number of nitrogens with one attached hydrogen (secondary N) is 1. The van der Waals surface area contributed by atoms with Crippen LogP contribution in [0.25, 0.3) is 11.1 Å². The number of carbonyl (C=O) groups excluding carboxylic acids is 2. The molecule has 3 rings (SSSR count). The molecule has 3 N–H and O–H groups in total. The Bertz CT molecular complexity index is 879. The number of imide groups is 1. The summed E-state index contributed by atoms with van der Waals surface area (Å²) in [4.78, 5) is 25.2. The fraction of sp³-hybridized carbons (Fsp3) is 0.111. The first kappa shape index (κ1) is 17.2. The van der Waals surface area contributed by atoms with E-state index in [1.165, 1.54) is 6.08 Å². The Labute approximate surface area is 152 Å². The first-order chi connectivity index (χ1) is 12.0. The van der Waals surface area contributed by atoms with Crippen LogP contribution in [0.1, 0.15) is 0 Å². The zero-order chi connectivity index (χ0) is 18.0. The quantitative estimate of drug-likeness (QED) is 0.668. The summed E-state index contributed by atoms with van der Waals surface area (Å²) in [5, 5.41) is 22.1. The molecule has 6 nitrogen and oxygen atoms in total. The first-order valence-corrected chi connectivity index (χ1v) is 8.34. The van der Waals surface area contributed by atoms with E-state index in [1.54, 1.807) is 36.4 Å². The molecule has 2 amide bonds. The number of benzene rings is 2. The summed E-state index contributed by atoms with van der Waals surface area (Å²) in [7, 11) is 0. The van der Waals surface area contributed by atoms with E-state index in [4.69, 9.17) is 5.11 Å². The van der Waals surface area contributed by atoms with Gasteiger partial charge in [0, 0.05) is 21.7 Å². The lowest BCUT2D eigenvalue weighted by Crippen LogP contribution is -2.34. The molecule has 0 aromatic heterocycles. The highest BCUT2D eigenvalue weighted by atomic mass is 79.9. The summed E-state index contributed by atoms with van der Waals surface area (Å²) in [6, 6.07) is 12.3. The molecule has 0 saturated heterocycles. The Balaban J connectivity index is 2.00. The van der Waals surface area contributed by atoms with Crippen molar-refractivity contribution < 1.29 is 19.8 Å². The van der Waals surface area contributed by atoms with Crippen LogP contribution >= 0.6 is 15.9 Å². The van der Waals surface area contributed by atoms with E-state index in [1.807, 2.05) is 6.07 Å². The van der Waals surface area contributed by atoms with Gasteiger partial charge in [0.15, 0.2) is 0 Å². The average Bonchev–Trinajstić information content (AvgIpc) is 2.85. The number of amides is 2. The number of phenols is 1. The molecule has 0 saturated carbocycles. The van der Waals surface area contributed by atoms with Crippen molar-refractivity contribution in [3.8, 4) is 16.9 Å².